The minimum absolute atomic E-state index is 0.00506. The Hall–Kier alpha value is -2.29. The summed E-state index contributed by atoms with van der Waals surface area (Å²) in [6.45, 7) is 5.68. The topological polar surface area (TPSA) is 32.3 Å². The molecule has 2 rings (SSSR count). The van der Waals surface area contributed by atoms with Crippen LogP contribution in [0.1, 0.15) is 27.9 Å². The molecule has 2 aromatic rings. The molecular weight excluding hydrogens is 272 g/mol. The van der Waals surface area contributed by atoms with Gasteiger partial charge in [-0.05, 0) is 55.7 Å². The molecule has 0 aliphatic heterocycles. The molecule has 22 heavy (non-hydrogen) atoms. The van der Waals surface area contributed by atoms with Crippen LogP contribution in [0.25, 0.3) is 0 Å². The number of aryl methyl sites for hydroxylation is 2. The quantitative estimate of drug-likeness (QED) is 0.827. The third-order valence-electron chi connectivity index (χ3n) is 3.92. The molecule has 0 fully saturated rings. The second-order valence-corrected chi connectivity index (χ2v) is 5.67. The van der Waals surface area contributed by atoms with E-state index in [9.17, 15) is 4.79 Å². The Kier molecular flexibility index (Phi) is 5.59. The third-order valence-corrected chi connectivity index (χ3v) is 3.92. The van der Waals surface area contributed by atoms with Crippen LogP contribution >= 0.6 is 0 Å². The van der Waals surface area contributed by atoms with Crippen molar-refractivity contribution in [2.75, 3.05) is 25.0 Å². The molecular formula is C19H24N2O. The maximum absolute atomic E-state index is 12.1. The van der Waals surface area contributed by atoms with E-state index < -0.39 is 0 Å². The molecule has 0 radical (unpaired) electrons. The Morgan fingerprint density at radius 3 is 2.45 bits per heavy atom. The van der Waals surface area contributed by atoms with Gasteiger partial charge in [0.05, 0.1) is 0 Å². The van der Waals surface area contributed by atoms with Crippen LogP contribution in [0.15, 0.2) is 48.5 Å². The average molecular weight is 296 g/mol. The van der Waals surface area contributed by atoms with Gasteiger partial charge in [0.2, 0.25) is 0 Å². The molecule has 0 aliphatic carbocycles. The van der Waals surface area contributed by atoms with Crippen molar-refractivity contribution in [2.45, 2.75) is 20.3 Å². The highest BCUT2D eigenvalue weighted by Gasteiger charge is 2.06. The summed E-state index contributed by atoms with van der Waals surface area (Å²) in [5, 5.41) is 2.99. The molecule has 2 aromatic carbocycles. The van der Waals surface area contributed by atoms with Gasteiger partial charge in [0, 0.05) is 31.4 Å². The van der Waals surface area contributed by atoms with Gasteiger partial charge in [0.25, 0.3) is 5.91 Å². The van der Waals surface area contributed by atoms with E-state index >= 15 is 0 Å². The van der Waals surface area contributed by atoms with Crippen molar-refractivity contribution in [1.82, 2.24) is 5.32 Å². The molecule has 116 valence electrons. The minimum Gasteiger partial charge on any atom is -0.375 e. The van der Waals surface area contributed by atoms with Gasteiger partial charge < -0.3 is 10.2 Å². The van der Waals surface area contributed by atoms with Gasteiger partial charge in [-0.25, -0.2) is 0 Å². The molecule has 0 heterocycles. The largest absolute Gasteiger partial charge is 0.375 e. The second kappa shape index (κ2) is 7.64. The number of para-hydroxylation sites is 1. The van der Waals surface area contributed by atoms with Crippen molar-refractivity contribution in [3.05, 3.63) is 65.2 Å². The summed E-state index contributed by atoms with van der Waals surface area (Å²) in [7, 11) is 2.07. The minimum atomic E-state index is 0.00506. The summed E-state index contributed by atoms with van der Waals surface area (Å²) in [5.41, 5.74) is 4.29. The molecule has 0 saturated heterocycles. The summed E-state index contributed by atoms with van der Waals surface area (Å²) in [6.07, 6.45) is 0.919. The number of nitrogens with one attached hydrogen (secondary N) is 1. The predicted octanol–water partition coefficient (Wildman–Crippen LogP) is 3.56. The lowest BCUT2D eigenvalue weighted by atomic mass is 10.1. The van der Waals surface area contributed by atoms with Gasteiger partial charge in [-0.3, -0.25) is 4.79 Å². The van der Waals surface area contributed by atoms with Crippen LogP contribution < -0.4 is 10.2 Å². The van der Waals surface area contributed by atoms with Crippen molar-refractivity contribution < 1.29 is 4.79 Å². The normalized spacial score (nSPS) is 10.3. The Balaban J connectivity index is 1.76. The summed E-state index contributed by atoms with van der Waals surface area (Å²) >= 11 is 0. The van der Waals surface area contributed by atoms with Crippen molar-refractivity contribution in [2.24, 2.45) is 0 Å². The van der Waals surface area contributed by atoms with E-state index in [1.165, 1.54) is 11.3 Å². The lowest BCUT2D eigenvalue weighted by Gasteiger charge is -2.19. The smallest absolute Gasteiger partial charge is 0.251 e. The molecule has 3 heteroatoms. The van der Waals surface area contributed by atoms with Gasteiger partial charge in [-0.15, -0.1) is 0 Å². The fourth-order valence-electron chi connectivity index (χ4n) is 2.31. The molecule has 0 atom stereocenters. The van der Waals surface area contributed by atoms with Crippen LogP contribution in [0.3, 0.4) is 0 Å². The van der Waals surface area contributed by atoms with Gasteiger partial charge in [-0.1, -0.05) is 24.3 Å². The van der Waals surface area contributed by atoms with Crippen molar-refractivity contribution >= 4 is 11.6 Å². The first-order chi connectivity index (χ1) is 10.6. The van der Waals surface area contributed by atoms with Crippen LogP contribution in [0, 0.1) is 13.8 Å². The maximum atomic E-state index is 12.1. The van der Waals surface area contributed by atoms with Gasteiger partial charge in [-0.2, -0.15) is 0 Å². The van der Waals surface area contributed by atoms with Crippen molar-refractivity contribution in [3.8, 4) is 0 Å². The Labute approximate surface area is 133 Å². The SMILES string of the molecule is Cc1ccc(C(=O)NCCCN(C)c2ccccc2)cc1C. The highest BCUT2D eigenvalue weighted by molar-refractivity contribution is 5.94. The van der Waals surface area contributed by atoms with Gasteiger partial charge >= 0.3 is 0 Å². The third kappa shape index (κ3) is 4.35. The molecule has 1 N–H and O–H groups in total. The number of hydrogen-bond acceptors (Lipinski definition) is 2. The van der Waals surface area contributed by atoms with Crippen molar-refractivity contribution in [1.29, 1.82) is 0 Å². The maximum Gasteiger partial charge on any atom is 0.251 e. The lowest BCUT2D eigenvalue weighted by molar-refractivity contribution is 0.0953. The highest BCUT2D eigenvalue weighted by Crippen LogP contribution is 2.11. The summed E-state index contributed by atoms with van der Waals surface area (Å²) < 4.78 is 0. The van der Waals surface area contributed by atoms with E-state index in [1.54, 1.807) is 0 Å². The number of hydrogen-bond donors (Lipinski definition) is 1. The van der Waals surface area contributed by atoms with E-state index in [0.29, 0.717) is 6.54 Å². The zero-order valence-electron chi connectivity index (χ0n) is 13.6. The Bertz CT molecular complexity index is 623. The molecule has 0 saturated carbocycles. The van der Waals surface area contributed by atoms with Gasteiger partial charge in [0.1, 0.15) is 0 Å². The fraction of sp³-hybridized carbons (Fsp3) is 0.316. The lowest BCUT2D eigenvalue weighted by Crippen LogP contribution is -2.28. The molecule has 0 aliphatic rings. The molecule has 0 spiro atoms. The standard InChI is InChI=1S/C19H24N2O/c1-15-10-11-17(14-16(15)2)19(22)20-12-7-13-21(3)18-8-5-4-6-9-18/h4-6,8-11,14H,7,12-13H2,1-3H3,(H,20,22). The average Bonchev–Trinajstić information content (AvgIpc) is 2.54. The van der Waals surface area contributed by atoms with E-state index in [4.69, 9.17) is 0 Å². The zero-order chi connectivity index (χ0) is 15.9. The first-order valence-corrected chi connectivity index (χ1v) is 7.69. The summed E-state index contributed by atoms with van der Waals surface area (Å²) in [5.74, 6) is 0.00506. The number of carbonyl (C=O) groups is 1. The number of amides is 1. The Morgan fingerprint density at radius 1 is 1.05 bits per heavy atom. The van der Waals surface area contributed by atoms with E-state index in [1.807, 2.05) is 43.3 Å². The number of nitrogens with zero attached hydrogens (tertiary/aromatic N) is 1. The molecule has 0 bridgehead atoms. The second-order valence-electron chi connectivity index (χ2n) is 5.67. The zero-order valence-corrected chi connectivity index (χ0v) is 13.6. The number of rotatable bonds is 6. The predicted molar refractivity (Wildman–Crippen MR) is 92.6 cm³/mol. The van der Waals surface area contributed by atoms with Crippen LogP contribution in [0.2, 0.25) is 0 Å². The summed E-state index contributed by atoms with van der Waals surface area (Å²) in [6, 6.07) is 16.1. The highest BCUT2D eigenvalue weighted by atomic mass is 16.1. The fourth-order valence-corrected chi connectivity index (χ4v) is 2.31. The monoisotopic (exact) mass is 296 g/mol. The first kappa shape index (κ1) is 16.1. The van der Waals surface area contributed by atoms with E-state index in [2.05, 4.69) is 36.3 Å². The molecule has 1 amide bonds. The van der Waals surface area contributed by atoms with E-state index in [-0.39, 0.29) is 5.91 Å². The van der Waals surface area contributed by atoms with E-state index in [0.717, 1.165) is 24.1 Å². The van der Waals surface area contributed by atoms with Crippen molar-refractivity contribution in [3.63, 3.8) is 0 Å². The molecule has 0 unspecified atom stereocenters. The molecule has 0 aromatic heterocycles. The number of carbonyl (C=O) groups excluding carboxylic acids is 1. The number of anilines is 1. The van der Waals surface area contributed by atoms with Crippen LogP contribution in [-0.2, 0) is 0 Å². The van der Waals surface area contributed by atoms with Crippen LogP contribution in [-0.4, -0.2) is 26.0 Å². The van der Waals surface area contributed by atoms with Crippen LogP contribution in [0.5, 0.6) is 0 Å². The van der Waals surface area contributed by atoms with Crippen LogP contribution in [0.4, 0.5) is 5.69 Å². The Morgan fingerprint density at radius 2 is 1.77 bits per heavy atom. The van der Waals surface area contributed by atoms with Gasteiger partial charge in [0.15, 0.2) is 0 Å². The summed E-state index contributed by atoms with van der Waals surface area (Å²) in [4.78, 5) is 14.3. The number of benzene rings is 2. The molecule has 3 nitrogen and oxygen atoms in total. The first-order valence-electron chi connectivity index (χ1n) is 7.69.